The van der Waals surface area contributed by atoms with Gasteiger partial charge in [-0.3, -0.25) is 4.79 Å². The lowest BCUT2D eigenvalue weighted by Gasteiger charge is -2.12. The fourth-order valence-corrected chi connectivity index (χ4v) is 1.97. The van der Waals surface area contributed by atoms with Gasteiger partial charge in [0, 0.05) is 35.2 Å². The molecule has 0 radical (unpaired) electrons. The van der Waals surface area contributed by atoms with Crippen molar-refractivity contribution in [1.29, 1.82) is 0 Å². The maximum Gasteiger partial charge on any atom is 0.193 e. The molecule has 0 saturated carbocycles. The van der Waals surface area contributed by atoms with Crippen LogP contribution in [0.1, 0.15) is 15.9 Å². The van der Waals surface area contributed by atoms with Crippen LogP contribution in [0.15, 0.2) is 54.6 Å². The number of hydrogen-bond donors (Lipinski definition) is 3. The van der Waals surface area contributed by atoms with Gasteiger partial charge >= 0.3 is 0 Å². The smallest absolute Gasteiger partial charge is 0.193 e. The number of thiol groups is 1. The molecule has 4 heteroatoms. The maximum absolute atomic E-state index is 12.3. The van der Waals surface area contributed by atoms with Crippen molar-refractivity contribution in [2.24, 2.45) is 5.73 Å². The van der Waals surface area contributed by atoms with Crippen molar-refractivity contribution in [1.82, 2.24) is 0 Å². The van der Waals surface area contributed by atoms with Crippen LogP contribution in [0, 0.1) is 0 Å². The van der Waals surface area contributed by atoms with E-state index in [0.29, 0.717) is 23.4 Å². The van der Waals surface area contributed by atoms with Crippen molar-refractivity contribution in [2.45, 2.75) is 6.04 Å². The highest BCUT2D eigenvalue weighted by molar-refractivity contribution is 7.80. The third kappa shape index (κ3) is 3.85. The van der Waals surface area contributed by atoms with Gasteiger partial charge in [0.05, 0.1) is 0 Å². The number of nitrogens with two attached hydrogens (primary N) is 1. The summed E-state index contributed by atoms with van der Waals surface area (Å²) in [5, 5.41) is 3.22. The second-order valence-electron chi connectivity index (χ2n) is 4.60. The van der Waals surface area contributed by atoms with E-state index < -0.39 is 0 Å². The zero-order valence-electron chi connectivity index (χ0n) is 11.1. The summed E-state index contributed by atoms with van der Waals surface area (Å²) in [5.74, 6) is 0.642. The third-order valence-electron chi connectivity index (χ3n) is 2.96. The molecule has 104 valence electrons. The predicted octanol–water partition coefficient (Wildman–Crippen LogP) is 2.59. The quantitative estimate of drug-likeness (QED) is 0.565. The molecule has 1 unspecified atom stereocenters. The normalized spacial score (nSPS) is 11.9. The minimum absolute atomic E-state index is 0.00758. The monoisotopic (exact) mass is 286 g/mol. The molecule has 2 aromatic carbocycles. The van der Waals surface area contributed by atoms with Crippen LogP contribution in [0.3, 0.4) is 0 Å². The first-order chi connectivity index (χ1) is 9.70. The molecule has 0 saturated heterocycles. The number of rotatable bonds is 6. The van der Waals surface area contributed by atoms with Crippen LogP contribution >= 0.6 is 12.6 Å². The van der Waals surface area contributed by atoms with E-state index in [9.17, 15) is 4.79 Å². The molecule has 20 heavy (non-hydrogen) atoms. The van der Waals surface area contributed by atoms with Crippen LogP contribution in [0.4, 0.5) is 5.69 Å². The van der Waals surface area contributed by atoms with Gasteiger partial charge in [-0.2, -0.15) is 12.6 Å². The van der Waals surface area contributed by atoms with Crippen LogP contribution < -0.4 is 11.1 Å². The molecule has 0 fully saturated rings. The number of ketones is 1. The molecule has 0 aliphatic heterocycles. The van der Waals surface area contributed by atoms with Gasteiger partial charge in [0.1, 0.15) is 0 Å². The summed E-state index contributed by atoms with van der Waals surface area (Å²) in [6.07, 6.45) is 0. The van der Waals surface area contributed by atoms with Crippen LogP contribution in [0.25, 0.3) is 0 Å². The van der Waals surface area contributed by atoms with E-state index in [2.05, 4.69) is 17.9 Å². The van der Waals surface area contributed by atoms with E-state index in [1.807, 2.05) is 54.6 Å². The van der Waals surface area contributed by atoms with E-state index in [-0.39, 0.29) is 11.8 Å². The molecule has 2 rings (SSSR count). The third-order valence-corrected chi connectivity index (χ3v) is 3.43. The van der Waals surface area contributed by atoms with E-state index in [1.165, 1.54) is 0 Å². The summed E-state index contributed by atoms with van der Waals surface area (Å²) in [4.78, 5) is 12.3. The molecule has 0 aliphatic rings. The fourth-order valence-electron chi connectivity index (χ4n) is 1.84. The Hall–Kier alpha value is -1.78. The van der Waals surface area contributed by atoms with E-state index in [4.69, 9.17) is 5.73 Å². The Morgan fingerprint density at radius 2 is 1.80 bits per heavy atom. The summed E-state index contributed by atoms with van der Waals surface area (Å²) in [5.41, 5.74) is 8.06. The van der Waals surface area contributed by atoms with Crippen molar-refractivity contribution >= 4 is 24.1 Å². The van der Waals surface area contributed by atoms with Gasteiger partial charge < -0.3 is 11.1 Å². The lowest BCUT2D eigenvalue weighted by molar-refractivity contribution is 0.103. The lowest BCUT2D eigenvalue weighted by atomic mass is 10.0. The first kappa shape index (κ1) is 14.6. The van der Waals surface area contributed by atoms with Crippen molar-refractivity contribution in [3.8, 4) is 0 Å². The minimum Gasteiger partial charge on any atom is -0.383 e. The molecular weight excluding hydrogens is 268 g/mol. The highest BCUT2D eigenvalue weighted by Crippen LogP contribution is 2.14. The number of nitrogens with one attached hydrogen (secondary N) is 1. The predicted molar refractivity (Wildman–Crippen MR) is 86.6 cm³/mol. The van der Waals surface area contributed by atoms with Gasteiger partial charge in [0.25, 0.3) is 0 Å². The summed E-state index contributed by atoms with van der Waals surface area (Å²) < 4.78 is 0. The highest BCUT2D eigenvalue weighted by Gasteiger charge is 2.09. The average Bonchev–Trinajstić information content (AvgIpc) is 2.53. The number of hydrogen-bond acceptors (Lipinski definition) is 4. The fraction of sp³-hybridized carbons (Fsp3) is 0.188. The largest absolute Gasteiger partial charge is 0.383 e. The van der Waals surface area contributed by atoms with Crippen molar-refractivity contribution in [2.75, 3.05) is 17.6 Å². The van der Waals surface area contributed by atoms with Gasteiger partial charge in [0.15, 0.2) is 5.78 Å². The SMILES string of the molecule is NC(CS)CNc1cccc(C(=O)c2ccccc2)c1. The number of benzene rings is 2. The first-order valence-corrected chi connectivity index (χ1v) is 7.14. The molecule has 0 bridgehead atoms. The van der Waals surface area contributed by atoms with Gasteiger partial charge in [-0.15, -0.1) is 0 Å². The van der Waals surface area contributed by atoms with Crippen LogP contribution in [0.2, 0.25) is 0 Å². The Morgan fingerprint density at radius 1 is 1.10 bits per heavy atom. The Labute approximate surface area is 124 Å². The minimum atomic E-state index is -0.00758. The van der Waals surface area contributed by atoms with E-state index in [1.54, 1.807) is 0 Å². The molecule has 0 heterocycles. The summed E-state index contributed by atoms with van der Waals surface area (Å²) in [7, 11) is 0. The molecule has 3 N–H and O–H groups in total. The van der Waals surface area contributed by atoms with Gasteiger partial charge in [-0.25, -0.2) is 0 Å². The second kappa shape index (κ2) is 7.12. The summed E-state index contributed by atoms with van der Waals surface area (Å²) >= 11 is 4.14. The maximum atomic E-state index is 12.3. The molecular formula is C16H18N2OS. The molecule has 1 atom stereocenters. The topological polar surface area (TPSA) is 55.1 Å². The average molecular weight is 286 g/mol. The van der Waals surface area contributed by atoms with Gasteiger partial charge in [-0.1, -0.05) is 42.5 Å². The van der Waals surface area contributed by atoms with Crippen molar-refractivity contribution in [3.05, 3.63) is 65.7 Å². The zero-order chi connectivity index (χ0) is 14.4. The lowest BCUT2D eigenvalue weighted by Crippen LogP contribution is -2.30. The van der Waals surface area contributed by atoms with Gasteiger partial charge in [-0.05, 0) is 12.1 Å². The highest BCUT2D eigenvalue weighted by atomic mass is 32.1. The summed E-state index contributed by atoms with van der Waals surface area (Å²) in [6.45, 7) is 0.631. The molecule has 0 aliphatic carbocycles. The van der Waals surface area contributed by atoms with E-state index in [0.717, 1.165) is 5.69 Å². The van der Waals surface area contributed by atoms with Crippen LogP contribution in [0.5, 0.6) is 0 Å². The molecule has 0 aromatic heterocycles. The molecule has 0 spiro atoms. The molecule has 3 nitrogen and oxygen atoms in total. The van der Waals surface area contributed by atoms with Crippen molar-refractivity contribution in [3.63, 3.8) is 0 Å². The van der Waals surface area contributed by atoms with Gasteiger partial charge in [0.2, 0.25) is 0 Å². The van der Waals surface area contributed by atoms with Crippen LogP contribution in [-0.2, 0) is 0 Å². The molecule has 0 amide bonds. The number of carbonyl (C=O) groups excluding carboxylic acids is 1. The van der Waals surface area contributed by atoms with Crippen molar-refractivity contribution < 1.29 is 4.79 Å². The van der Waals surface area contributed by atoms with E-state index >= 15 is 0 Å². The second-order valence-corrected chi connectivity index (χ2v) is 4.96. The zero-order valence-corrected chi connectivity index (χ0v) is 12.0. The first-order valence-electron chi connectivity index (χ1n) is 6.51. The Balaban J connectivity index is 2.11. The Bertz CT molecular complexity index is 572. The molecule has 2 aromatic rings. The number of carbonyl (C=O) groups is 1. The Morgan fingerprint density at radius 3 is 2.50 bits per heavy atom. The summed E-state index contributed by atoms with van der Waals surface area (Å²) in [6, 6.07) is 16.7. The number of anilines is 1. The van der Waals surface area contributed by atoms with Crippen LogP contribution in [-0.4, -0.2) is 24.1 Å². The standard InChI is InChI=1S/C16H18N2OS/c17-14(11-20)10-18-15-8-4-7-13(9-15)16(19)12-5-2-1-3-6-12/h1-9,14,18,20H,10-11,17H2. The Kier molecular flexibility index (Phi) is 5.21.